The number of halogens is 3. The van der Waals surface area contributed by atoms with Crippen molar-refractivity contribution in [1.29, 1.82) is 0 Å². The van der Waals surface area contributed by atoms with E-state index in [1.807, 2.05) is 12.1 Å². The highest BCUT2D eigenvalue weighted by molar-refractivity contribution is 6.36. The topological polar surface area (TPSA) is 59.0 Å². The van der Waals surface area contributed by atoms with Gasteiger partial charge in [-0.15, -0.1) is 0 Å². The van der Waals surface area contributed by atoms with Crippen LogP contribution in [0, 0.1) is 0 Å². The summed E-state index contributed by atoms with van der Waals surface area (Å²) >= 11 is 18.6. The SMILES string of the molecule is CN(C(=O)c1ncc(-c2ccc(Cl)cc2)c(-c2ccc(Cl)cc2Cl)n1)c1ccccn1. The maximum atomic E-state index is 13.0. The first-order valence-electron chi connectivity index (χ1n) is 9.21. The molecule has 2 heterocycles. The van der Waals surface area contributed by atoms with Crippen LogP contribution in [-0.2, 0) is 0 Å². The highest BCUT2D eigenvalue weighted by Crippen LogP contribution is 2.36. The first kappa shape index (κ1) is 21.2. The zero-order chi connectivity index (χ0) is 22.0. The van der Waals surface area contributed by atoms with E-state index in [-0.39, 0.29) is 5.82 Å². The Balaban J connectivity index is 1.84. The molecule has 0 fully saturated rings. The van der Waals surface area contributed by atoms with E-state index in [2.05, 4.69) is 15.0 Å². The number of rotatable bonds is 4. The average Bonchev–Trinajstić information content (AvgIpc) is 2.79. The number of carbonyl (C=O) groups is 1. The predicted molar refractivity (Wildman–Crippen MR) is 125 cm³/mol. The molecule has 0 bridgehead atoms. The third kappa shape index (κ3) is 4.54. The van der Waals surface area contributed by atoms with Gasteiger partial charge in [0.2, 0.25) is 5.82 Å². The Morgan fingerprint density at radius 1 is 0.871 bits per heavy atom. The molecule has 0 aliphatic rings. The molecule has 0 unspecified atom stereocenters. The van der Waals surface area contributed by atoms with E-state index in [0.717, 1.165) is 5.56 Å². The molecule has 2 aromatic heterocycles. The van der Waals surface area contributed by atoms with Gasteiger partial charge in [0, 0.05) is 40.6 Å². The van der Waals surface area contributed by atoms with Gasteiger partial charge in [0.25, 0.3) is 5.91 Å². The number of amides is 1. The smallest absolute Gasteiger partial charge is 0.293 e. The Hall–Kier alpha value is -2.99. The lowest BCUT2D eigenvalue weighted by molar-refractivity contribution is 0.0982. The van der Waals surface area contributed by atoms with Crippen molar-refractivity contribution in [2.45, 2.75) is 0 Å². The van der Waals surface area contributed by atoms with Gasteiger partial charge >= 0.3 is 0 Å². The first-order chi connectivity index (χ1) is 14.9. The second-order valence-corrected chi connectivity index (χ2v) is 7.92. The molecule has 0 aliphatic heterocycles. The van der Waals surface area contributed by atoms with Crippen LogP contribution in [0.4, 0.5) is 5.82 Å². The van der Waals surface area contributed by atoms with Gasteiger partial charge in [-0.05, 0) is 48.0 Å². The summed E-state index contributed by atoms with van der Waals surface area (Å²) < 4.78 is 0. The van der Waals surface area contributed by atoms with Crippen molar-refractivity contribution in [3.8, 4) is 22.4 Å². The quantitative estimate of drug-likeness (QED) is 0.345. The van der Waals surface area contributed by atoms with Crippen molar-refractivity contribution < 1.29 is 4.79 Å². The van der Waals surface area contributed by atoms with Crippen molar-refractivity contribution in [2.24, 2.45) is 0 Å². The summed E-state index contributed by atoms with van der Waals surface area (Å²) in [4.78, 5) is 27.6. The highest BCUT2D eigenvalue weighted by Gasteiger charge is 2.21. The Morgan fingerprint density at radius 3 is 2.29 bits per heavy atom. The minimum absolute atomic E-state index is 0.0203. The molecule has 5 nitrogen and oxygen atoms in total. The molecule has 2 aromatic carbocycles. The molecule has 0 atom stereocenters. The van der Waals surface area contributed by atoms with Crippen LogP contribution in [0.2, 0.25) is 15.1 Å². The molecule has 4 rings (SSSR count). The number of carbonyl (C=O) groups excluding carboxylic acids is 1. The lowest BCUT2D eigenvalue weighted by Crippen LogP contribution is -2.29. The second-order valence-electron chi connectivity index (χ2n) is 6.64. The van der Waals surface area contributed by atoms with Crippen molar-refractivity contribution in [3.05, 3.63) is 93.9 Å². The molecule has 0 aliphatic carbocycles. The van der Waals surface area contributed by atoms with E-state index < -0.39 is 5.91 Å². The zero-order valence-electron chi connectivity index (χ0n) is 16.3. The Bertz CT molecular complexity index is 1250. The average molecular weight is 470 g/mol. The molecule has 0 saturated carbocycles. The van der Waals surface area contributed by atoms with Gasteiger partial charge in [-0.25, -0.2) is 15.0 Å². The Kier molecular flexibility index (Phi) is 6.18. The van der Waals surface area contributed by atoms with Gasteiger partial charge in [-0.1, -0.05) is 53.0 Å². The maximum absolute atomic E-state index is 13.0. The molecule has 154 valence electrons. The van der Waals surface area contributed by atoms with E-state index in [4.69, 9.17) is 34.8 Å². The Labute approximate surface area is 194 Å². The monoisotopic (exact) mass is 468 g/mol. The van der Waals surface area contributed by atoms with E-state index >= 15 is 0 Å². The summed E-state index contributed by atoms with van der Waals surface area (Å²) in [6.07, 6.45) is 3.22. The van der Waals surface area contributed by atoms with Crippen LogP contribution >= 0.6 is 34.8 Å². The number of pyridine rings is 1. The molecular formula is C23H15Cl3N4O. The largest absolute Gasteiger partial charge is 0.296 e. The maximum Gasteiger partial charge on any atom is 0.296 e. The van der Waals surface area contributed by atoms with Crippen LogP contribution in [0.15, 0.2) is 73.1 Å². The molecule has 0 saturated heterocycles. The fourth-order valence-corrected chi connectivity index (χ4v) is 3.64. The zero-order valence-corrected chi connectivity index (χ0v) is 18.5. The molecule has 1 amide bonds. The summed E-state index contributed by atoms with van der Waals surface area (Å²) in [5.74, 6) is 0.114. The Morgan fingerprint density at radius 2 is 1.61 bits per heavy atom. The van der Waals surface area contributed by atoms with Crippen LogP contribution in [0.3, 0.4) is 0 Å². The third-order valence-corrected chi connectivity index (χ3v) is 5.42. The number of hydrogen-bond acceptors (Lipinski definition) is 4. The number of hydrogen-bond donors (Lipinski definition) is 0. The number of nitrogens with zero attached hydrogens (tertiary/aromatic N) is 4. The second kappa shape index (κ2) is 9.02. The highest BCUT2D eigenvalue weighted by atomic mass is 35.5. The van der Waals surface area contributed by atoms with E-state index in [9.17, 15) is 4.79 Å². The van der Waals surface area contributed by atoms with Crippen molar-refractivity contribution in [3.63, 3.8) is 0 Å². The summed E-state index contributed by atoms with van der Waals surface area (Å²) in [5.41, 5.74) is 2.69. The summed E-state index contributed by atoms with van der Waals surface area (Å²) in [5, 5.41) is 1.53. The number of benzene rings is 2. The molecule has 8 heteroatoms. The van der Waals surface area contributed by atoms with Gasteiger partial charge in [0.1, 0.15) is 5.82 Å². The molecule has 0 radical (unpaired) electrons. The van der Waals surface area contributed by atoms with Crippen LogP contribution in [0.1, 0.15) is 10.6 Å². The summed E-state index contributed by atoms with van der Waals surface area (Å²) in [6.45, 7) is 0. The van der Waals surface area contributed by atoms with Crippen molar-refractivity contribution in [1.82, 2.24) is 15.0 Å². The van der Waals surface area contributed by atoms with Gasteiger partial charge in [-0.2, -0.15) is 0 Å². The van der Waals surface area contributed by atoms with E-state index in [1.165, 1.54) is 4.90 Å². The van der Waals surface area contributed by atoms with Gasteiger partial charge < -0.3 is 0 Å². The molecule has 0 N–H and O–H groups in total. The predicted octanol–water partition coefficient (Wildman–Crippen LogP) is 6.44. The van der Waals surface area contributed by atoms with Crippen molar-refractivity contribution >= 4 is 46.5 Å². The number of aromatic nitrogens is 3. The standard InChI is InChI=1S/C23H15Cl3N4O/c1-30(20-4-2-3-11-27-20)23(31)22-28-13-18(14-5-7-15(24)8-6-14)21(29-22)17-10-9-16(25)12-19(17)26/h2-13H,1H3. The molecular weight excluding hydrogens is 455 g/mol. The fourth-order valence-electron chi connectivity index (χ4n) is 3.02. The molecule has 0 spiro atoms. The van der Waals surface area contributed by atoms with Gasteiger partial charge in [0.05, 0.1) is 10.7 Å². The summed E-state index contributed by atoms with van der Waals surface area (Å²) in [7, 11) is 1.62. The minimum Gasteiger partial charge on any atom is -0.293 e. The van der Waals surface area contributed by atoms with Gasteiger partial charge in [0.15, 0.2) is 0 Å². The molecule has 4 aromatic rings. The first-order valence-corrected chi connectivity index (χ1v) is 10.3. The van der Waals surface area contributed by atoms with Crippen LogP contribution < -0.4 is 4.90 Å². The lowest BCUT2D eigenvalue weighted by Gasteiger charge is -2.17. The van der Waals surface area contributed by atoms with E-state index in [1.54, 1.807) is 68.0 Å². The van der Waals surface area contributed by atoms with Crippen LogP contribution in [0.25, 0.3) is 22.4 Å². The fraction of sp³-hybridized carbons (Fsp3) is 0.0435. The minimum atomic E-state index is -0.396. The third-order valence-electron chi connectivity index (χ3n) is 4.62. The summed E-state index contributed by atoms with van der Waals surface area (Å²) in [6, 6.07) is 17.7. The van der Waals surface area contributed by atoms with Gasteiger partial charge in [-0.3, -0.25) is 9.69 Å². The van der Waals surface area contributed by atoms with Crippen molar-refractivity contribution in [2.75, 3.05) is 11.9 Å². The number of anilines is 1. The lowest BCUT2D eigenvalue weighted by atomic mass is 10.0. The molecule has 31 heavy (non-hydrogen) atoms. The van der Waals surface area contributed by atoms with E-state index in [0.29, 0.717) is 37.7 Å². The van der Waals surface area contributed by atoms with Crippen LogP contribution in [-0.4, -0.2) is 27.9 Å². The van der Waals surface area contributed by atoms with Crippen LogP contribution in [0.5, 0.6) is 0 Å². The normalized spacial score (nSPS) is 10.7.